The first kappa shape index (κ1) is 39.2. The number of hydrogen-bond acceptors (Lipinski definition) is 10. The molecular weight excluding hydrogens is 820 g/mol. The smallest absolute Gasteiger partial charge is 0.412 e. The summed E-state index contributed by atoms with van der Waals surface area (Å²) in [4.78, 5) is 32.3. The fraction of sp³-hybridized carbons (Fsp3) is 0.314. The van der Waals surface area contributed by atoms with Crippen LogP contribution in [0.15, 0.2) is 85.5 Å². The molecule has 0 bridgehead atoms. The van der Waals surface area contributed by atoms with Crippen molar-refractivity contribution in [1.29, 1.82) is 0 Å². The Bertz CT molecular complexity index is 1840. The van der Waals surface area contributed by atoms with Gasteiger partial charge in [-0.3, -0.25) is 29.4 Å². The molecule has 0 unspecified atom stereocenters. The molecule has 0 aliphatic carbocycles. The molecule has 6 aromatic heterocycles. The zero-order valence-corrected chi connectivity index (χ0v) is 31.6. The van der Waals surface area contributed by atoms with Crippen molar-refractivity contribution in [3.63, 3.8) is 0 Å². The molecule has 0 atom stereocenters. The normalized spacial score (nSPS) is 10.9. The monoisotopic (exact) mass is 861 g/mol. The number of nitrogens with one attached hydrogen (secondary N) is 2. The van der Waals surface area contributed by atoms with Crippen LogP contribution in [0.4, 0.5) is 21.0 Å². The summed E-state index contributed by atoms with van der Waals surface area (Å²) in [7, 11) is 0. The van der Waals surface area contributed by atoms with Crippen molar-refractivity contribution >= 4 is 34.9 Å². The summed E-state index contributed by atoms with van der Waals surface area (Å²) in [6.07, 6.45) is 7.10. The van der Waals surface area contributed by atoms with Gasteiger partial charge in [0.2, 0.25) is 0 Å². The van der Waals surface area contributed by atoms with Crippen LogP contribution in [0.1, 0.15) is 61.8 Å². The van der Waals surface area contributed by atoms with Crippen LogP contribution in [0.3, 0.4) is 0 Å². The van der Waals surface area contributed by atoms with Gasteiger partial charge in [-0.1, -0.05) is 32.4 Å². The van der Waals surface area contributed by atoms with Crippen molar-refractivity contribution in [2.24, 2.45) is 0 Å². The minimum atomic E-state index is -0.552. The van der Waals surface area contributed by atoms with Gasteiger partial charge in [-0.15, -0.1) is 20.4 Å². The third-order valence-electron chi connectivity index (χ3n) is 5.88. The number of ether oxygens (including phenoxy) is 2. The topological polar surface area (TPSA) is 163 Å². The molecule has 0 aliphatic heterocycles. The fourth-order valence-electron chi connectivity index (χ4n) is 4.11. The van der Waals surface area contributed by atoms with Gasteiger partial charge in [-0.2, -0.15) is 0 Å². The Morgan fingerprint density at radius 1 is 0.620 bits per heavy atom. The maximum atomic E-state index is 11.9. The Labute approximate surface area is 305 Å². The number of amides is 2. The second-order valence-corrected chi connectivity index (χ2v) is 12.7. The number of carbonyl (C=O) groups is 2. The average molecular weight is 862 g/mol. The van der Waals surface area contributed by atoms with Crippen LogP contribution in [0, 0.1) is 0 Å². The first-order valence-electron chi connectivity index (χ1n) is 15.8. The van der Waals surface area contributed by atoms with E-state index in [0.29, 0.717) is 45.7 Å². The van der Waals surface area contributed by atoms with Gasteiger partial charge >= 0.3 is 12.2 Å². The number of nitrogens with zero attached hydrogens (tertiary/aromatic N) is 8. The van der Waals surface area contributed by atoms with Crippen molar-refractivity contribution < 1.29 is 40.1 Å². The molecule has 0 saturated heterocycles. The molecule has 0 spiro atoms. The van der Waals surface area contributed by atoms with Crippen LogP contribution in [0.2, 0.25) is 0 Å². The van der Waals surface area contributed by atoms with Crippen LogP contribution in [-0.2, 0) is 30.5 Å². The van der Waals surface area contributed by atoms with E-state index in [1.807, 2.05) is 77.9 Å². The molecule has 2 N–H and O–H groups in total. The molecule has 14 nitrogen and oxygen atoms in total. The summed E-state index contributed by atoms with van der Waals surface area (Å²) in [6.45, 7) is 15.1. The van der Waals surface area contributed by atoms with E-state index in [1.165, 1.54) is 6.42 Å². The maximum absolute atomic E-state index is 11.9. The van der Waals surface area contributed by atoms with E-state index in [2.05, 4.69) is 54.8 Å². The third-order valence-corrected chi connectivity index (χ3v) is 5.88. The number of fused-ring (bicyclic) bond motifs is 2. The second kappa shape index (κ2) is 17.4. The molecular formula is C35H42N10O4Pt. The summed E-state index contributed by atoms with van der Waals surface area (Å²) in [6, 6.07) is 18.2. The fourth-order valence-corrected chi connectivity index (χ4v) is 4.11. The Morgan fingerprint density at radius 3 is 1.32 bits per heavy atom. The molecule has 6 rings (SSSR count). The van der Waals surface area contributed by atoms with Gasteiger partial charge in [0.05, 0.1) is 11.4 Å². The molecule has 0 radical (unpaired) electrons. The van der Waals surface area contributed by atoms with Crippen molar-refractivity contribution in [3.05, 3.63) is 85.5 Å². The largest absolute Gasteiger partial charge is 0.444 e. The molecule has 6 heterocycles. The maximum Gasteiger partial charge on any atom is 0.412 e. The van der Waals surface area contributed by atoms with E-state index in [-0.39, 0.29) is 21.1 Å². The Kier molecular flexibility index (Phi) is 13.7. The quantitative estimate of drug-likeness (QED) is 0.180. The predicted molar refractivity (Wildman–Crippen MR) is 188 cm³/mol. The minimum absolute atomic E-state index is 0. The van der Waals surface area contributed by atoms with Gasteiger partial charge < -0.3 is 9.47 Å². The standard InChI is InChI=1S/2C16H17N5O2.C3H8.Pt/c2*1-16(2,3)23-15(22)18-11-7-8-13-19-20-14(21(13)10-11)12-6-4-5-9-17-12;1-3-2;/h2*4-10H,1-3H3,(H,18,22);3H2,1-2H3;. The zero-order valence-electron chi connectivity index (χ0n) is 29.3. The van der Waals surface area contributed by atoms with Crippen LogP contribution < -0.4 is 10.6 Å². The molecule has 6 aromatic rings. The zero-order chi connectivity index (χ0) is 35.6. The van der Waals surface area contributed by atoms with E-state index >= 15 is 0 Å². The molecule has 0 aromatic carbocycles. The summed E-state index contributed by atoms with van der Waals surface area (Å²) >= 11 is 0. The van der Waals surface area contributed by atoms with E-state index in [9.17, 15) is 9.59 Å². The molecule has 266 valence electrons. The number of anilines is 2. The Hall–Kier alpha value is -5.23. The van der Waals surface area contributed by atoms with Gasteiger partial charge in [-0.25, -0.2) is 9.59 Å². The number of rotatable bonds is 4. The summed E-state index contributed by atoms with van der Waals surface area (Å²) in [5.74, 6) is 1.21. The van der Waals surface area contributed by atoms with Gasteiger partial charge in [-0.05, 0) is 90.1 Å². The van der Waals surface area contributed by atoms with Gasteiger partial charge in [0, 0.05) is 45.9 Å². The first-order valence-corrected chi connectivity index (χ1v) is 15.8. The van der Waals surface area contributed by atoms with Crippen molar-refractivity contribution in [3.8, 4) is 23.0 Å². The van der Waals surface area contributed by atoms with E-state index in [1.54, 1.807) is 57.9 Å². The molecule has 2 amide bonds. The molecule has 0 aliphatic rings. The Balaban J connectivity index is 0.000000246. The number of carbonyl (C=O) groups excluding carboxylic acids is 2. The summed E-state index contributed by atoms with van der Waals surface area (Å²) in [5, 5.41) is 21.9. The van der Waals surface area contributed by atoms with E-state index in [0.717, 1.165) is 0 Å². The van der Waals surface area contributed by atoms with Crippen LogP contribution in [-0.4, -0.2) is 62.6 Å². The predicted octanol–water partition coefficient (Wildman–Crippen LogP) is 7.69. The summed E-state index contributed by atoms with van der Waals surface area (Å²) < 4.78 is 14.0. The van der Waals surface area contributed by atoms with Crippen molar-refractivity contribution in [2.75, 3.05) is 10.6 Å². The second-order valence-electron chi connectivity index (χ2n) is 12.7. The summed E-state index contributed by atoms with van der Waals surface area (Å²) in [5.41, 5.74) is 2.81. The molecule has 0 fully saturated rings. The SMILES string of the molecule is CC(C)(C)OC(=O)Nc1ccc2nnc(-c3ccccn3)n2c1.CC(C)(C)OC(=O)Nc1ccc2nnc(-c3ccccn3)n2c1.CCC.[Pt]. The van der Waals surface area contributed by atoms with Crippen LogP contribution >= 0.6 is 0 Å². The van der Waals surface area contributed by atoms with Crippen molar-refractivity contribution in [1.82, 2.24) is 39.2 Å². The number of hydrogen-bond donors (Lipinski definition) is 2. The number of pyridine rings is 4. The van der Waals surface area contributed by atoms with Gasteiger partial charge in [0.15, 0.2) is 22.9 Å². The van der Waals surface area contributed by atoms with Crippen molar-refractivity contribution in [2.45, 2.75) is 73.0 Å². The van der Waals surface area contributed by atoms with Crippen LogP contribution in [0.5, 0.6) is 0 Å². The number of aromatic nitrogens is 8. The minimum Gasteiger partial charge on any atom is -0.444 e. The third kappa shape index (κ3) is 11.4. The molecule has 50 heavy (non-hydrogen) atoms. The van der Waals surface area contributed by atoms with Crippen LogP contribution in [0.25, 0.3) is 34.3 Å². The van der Waals surface area contributed by atoms with E-state index in [4.69, 9.17) is 9.47 Å². The first-order chi connectivity index (χ1) is 23.3. The Morgan fingerprint density at radius 2 is 1.00 bits per heavy atom. The van der Waals surface area contributed by atoms with Gasteiger partial charge in [0.25, 0.3) is 0 Å². The van der Waals surface area contributed by atoms with E-state index < -0.39 is 23.4 Å². The average Bonchev–Trinajstić information content (AvgIpc) is 3.65. The van der Waals surface area contributed by atoms with Gasteiger partial charge in [0.1, 0.15) is 22.6 Å². The molecule has 15 heteroatoms. The molecule has 0 saturated carbocycles.